The Kier molecular flexibility index (Phi) is 2.81. The number of fused-ring (bicyclic) bond motifs is 1. The van der Waals surface area contributed by atoms with E-state index in [9.17, 15) is 0 Å². The fourth-order valence-corrected chi connectivity index (χ4v) is 3.31. The van der Waals surface area contributed by atoms with Gasteiger partial charge in [0.2, 0.25) is 0 Å². The van der Waals surface area contributed by atoms with E-state index in [2.05, 4.69) is 15.0 Å². The molecule has 1 saturated heterocycles. The number of oxime groups is 1. The zero-order chi connectivity index (χ0) is 12.5. The predicted molar refractivity (Wildman–Crippen MR) is 69.8 cm³/mol. The number of hydrogen-bond donors (Lipinski definition) is 2. The zero-order valence-electron chi connectivity index (χ0n) is 10.3. The number of nitrogens with two attached hydrogens (primary N) is 1. The summed E-state index contributed by atoms with van der Waals surface area (Å²) in [6.07, 6.45) is 5.77. The minimum Gasteiger partial charge on any atom is -0.409 e. The third-order valence-corrected chi connectivity index (χ3v) is 4.20. The molecule has 96 valence electrons. The molecule has 0 aromatic carbocycles. The van der Waals surface area contributed by atoms with Crippen LogP contribution in [0.25, 0.3) is 0 Å². The van der Waals surface area contributed by atoms with Gasteiger partial charge in [-0.3, -0.25) is 0 Å². The van der Waals surface area contributed by atoms with Crippen molar-refractivity contribution in [3.05, 3.63) is 23.9 Å². The number of anilines is 1. The second kappa shape index (κ2) is 4.48. The predicted octanol–water partition coefficient (Wildman–Crippen LogP) is 1.41. The maximum atomic E-state index is 8.83. The molecule has 3 N–H and O–H groups in total. The standard InChI is InChI=1S/C13H18N4O/c14-12(16-18)11-5-2-6-15-13(11)17-7-9-3-1-4-10(9)8-17/h2,5-6,9-10,18H,1,3-4,7-8H2,(H2,14,16). The van der Waals surface area contributed by atoms with Crippen molar-refractivity contribution in [2.45, 2.75) is 19.3 Å². The molecule has 0 spiro atoms. The Balaban J connectivity index is 1.89. The topological polar surface area (TPSA) is 74.7 Å². The smallest absolute Gasteiger partial charge is 0.173 e. The number of rotatable bonds is 2. The summed E-state index contributed by atoms with van der Waals surface area (Å²) in [5.74, 6) is 2.58. The van der Waals surface area contributed by atoms with Gasteiger partial charge in [-0.15, -0.1) is 0 Å². The van der Waals surface area contributed by atoms with Crippen LogP contribution >= 0.6 is 0 Å². The maximum Gasteiger partial charge on any atom is 0.173 e. The van der Waals surface area contributed by atoms with Crippen LogP contribution in [0.4, 0.5) is 5.82 Å². The van der Waals surface area contributed by atoms with Gasteiger partial charge in [0.1, 0.15) is 5.82 Å². The normalized spacial score (nSPS) is 27.6. The highest BCUT2D eigenvalue weighted by molar-refractivity contribution is 6.01. The molecule has 2 fully saturated rings. The first-order valence-corrected chi connectivity index (χ1v) is 6.47. The average Bonchev–Trinajstić information content (AvgIpc) is 2.98. The Morgan fingerprint density at radius 3 is 2.78 bits per heavy atom. The number of hydrogen-bond acceptors (Lipinski definition) is 4. The first-order chi connectivity index (χ1) is 8.79. The Hall–Kier alpha value is -1.78. The lowest BCUT2D eigenvalue weighted by atomic mass is 10.0. The third-order valence-electron chi connectivity index (χ3n) is 4.20. The highest BCUT2D eigenvalue weighted by Crippen LogP contribution is 2.39. The molecule has 1 saturated carbocycles. The van der Waals surface area contributed by atoms with Crippen molar-refractivity contribution in [3.8, 4) is 0 Å². The second-order valence-electron chi connectivity index (χ2n) is 5.22. The minimum absolute atomic E-state index is 0.134. The third kappa shape index (κ3) is 1.79. The van der Waals surface area contributed by atoms with Crippen LogP contribution in [0, 0.1) is 11.8 Å². The lowest BCUT2D eigenvalue weighted by molar-refractivity contribution is 0.318. The molecule has 3 rings (SSSR count). The highest BCUT2D eigenvalue weighted by Gasteiger charge is 2.37. The van der Waals surface area contributed by atoms with Crippen molar-refractivity contribution in [3.63, 3.8) is 0 Å². The Morgan fingerprint density at radius 2 is 2.11 bits per heavy atom. The molecule has 1 aromatic rings. The van der Waals surface area contributed by atoms with E-state index in [1.54, 1.807) is 6.20 Å². The number of aromatic nitrogens is 1. The van der Waals surface area contributed by atoms with E-state index < -0.39 is 0 Å². The quantitative estimate of drug-likeness (QED) is 0.358. The molecule has 2 unspecified atom stereocenters. The molecule has 2 aliphatic rings. The van der Waals surface area contributed by atoms with Crippen LogP contribution in [0.3, 0.4) is 0 Å². The van der Waals surface area contributed by atoms with E-state index in [0.29, 0.717) is 0 Å². The van der Waals surface area contributed by atoms with E-state index in [-0.39, 0.29) is 5.84 Å². The molecule has 0 amide bonds. The number of amidine groups is 1. The van der Waals surface area contributed by atoms with Crippen molar-refractivity contribution >= 4 is 11.7 Å². The zero-order valence-corrected chi connectivity index (χ0v) is 10.3. The van der Waals surface area contributed by atoms with Crippen LogP contribution in [-0.4, -0.2) is 29.1 Å². The van der Waals surface area contributed by atoms with Gasteiger partial charge in [0.25, 0.3) is 0 Å². The Morgan fingerprint density at radius 1 is 1.39 bits per heavy atom. The molecular weight excluding hydrogens is 228 g/mol. The van der Waals surface area contributed by atoms with Crippen LogP contribution in [0.5, 0.6) is 0 Å². The Bertz CT molecular complexity index is 462. The molecule has 0 radical (unpaired) electrons. The van der Waals surface area contributed by atoms with Gasteiger partial charge in [0.15, 0.2) is 5.84 Å². The van der Waals surface area contributed by atoms with Crippen molar-refractivity contribution in [2.24, 2.45) is 22.7 Å². The molecule has 2 atom stereocenters. The Labute approximate surface area is 106 Å². The number of nitrogens with zero attached hydrogens (tertiary/aromatic N) is 3. The maximum absolute atomic E-state index is 8.83. The number of pyridine rings is 1. The fourth-order valence-electron chi connectivity index (χ4n) is 3.31. The van der Waals surface area contributed by atoms with Crippen LogP contribution in [0.1, 0.15) is 24.8 Å². The second-order valence-corrected chi connectivity index (χ2v) is 5.22. The van der Waals surface area contributed by atoms with Crippen molar-refractivity contribution in [2.75, 3.05) is 18.0 Å². The minimum atomic E-state index is 0.134. The summed E-state index contributed by atoms with van der Waals surface area (Å²) in [5.41, 5.74) is 6.43. The molecule has 18 heavy (non-hydrogen) atoms. The van der Waals surface area contributed by atoms with E-state index >= 15 is 0 Å². The van der Waals surface area contributed by atoms with Gasteiger partial charge >= 0.3 is 0 Å². The van der Waals surface area contributed by atoms with E-state index in [1.165, 1.54) is 19.3 Å². The monoisotopic (exact) mass is 246 g/mol. The molecular formula is C13H18N4O. The molecule has 1 aromatic heterocycles. The van der Waals surface area contributed by atoms with Crippen molar-refractivity contribution < 1.29 is 5.21 Å². The summed E-state index contributed by atoms with van der Waals surface area (Å²) in [6.45, 7) is 2.10. The summed E-state index contributed by atoms with van der Waals surface area (Å²) in [5, 5.41) is 11.9. The lowest BCUT2D eigenvalue weighted by Gasteiger charge is -2.20. The van der Waals surface area contributed by atoms with Crippen molar-refractivity contribution in [1.29, 1.82) is 0 Å². The molecule has 0 bridgehead atoms. The molecule has 1 aliphatic carbocycles. The van der Waals surface area contributed by atoms with E-state index in [0.717, 1.165) is 36.3 Å². The molecule has 5 nitrogen and oxygen atoms in total. The average molecular weight is 246 g/mol. The van der Waals surface area contributed by atoms with Crippen LogP contribution in [-0.2, 0) is 0 Å². The summed E-state index contributed by atoms with van der Waals surface area (Å²) in [4.78, 5) is 6.69. The van der Waals surface area contributed by atoms with Gasteiger partial charge in [0.05, 0.1) is 5.56 Å². The van der Waals surface area contributed by atoms with E-state index in [4.69, 9.17) is 10.9 Å². The van der Waals surface area contributed by atoms with Gasteiger partial charge < -0.3 is 15.8 Å². The first-order valence-electron chi connectivity index (χ1n) is 6.47. The largest absolute Gasteiger partial charge is 0.409 e. The summed E-state index contributed by atoms with van der Waals surface area (Å²) >= 11 is 0. The van der Waals surface area contributed by atoms with Gasteiger partial charge in [0, 0.05) is 19.3 Å². The summed E-state index contributed by atoms with van der Waals surface area (Å²) in [7, 11) is 0. The molecule has 1 aliphatic heterocycles. The van der Waals surface area contributed by atoms with Gasteiger partial charge in [-0.2, -0.15) is 0 Å². The summed E-state index contributed by atoms with van der Waals surface area (Å²) < 4.78 is 0. The van der Waals surface area contributed by atoms with Crippen LogP contribution in [0.2, 0.25) is 0 Å². The lowest BCUT2D eigenvalue weighted by Crippen LogP contribution is -2.26. The first kappa shape index (κ1) is 11.3. The van der Waals surface area contributed by atoms with Crippen LogP contribution in [0.15, 0.2) is 23.5 Å². The highest BCUT2D eigenvalue weighted by atomic mass is 16.4. The SMILES string of the molecule is N/C(=N/O)c1cccnc1N1CC2CCCC2C1. The van der Waals surface area contributed by atoms with Gasteiger partial charge in [-0.25, -0.2) is 4.98 Å². The summed E-state index contributed by atoms with van der Waals surface area (Å²) in [6, 6.07) is 3.67. The van der Waals surface area contributed by atoms with Gasteiger partial charge in [-0.05, 0) is 36.8 Å². The van der Waals surface area contributed by atoms with Gasteiger partial charge in [-0.1, -0.05) is 11.6 Å². The van der Waals surface area contributed by atoms with Crippen molar-refractivity contribution in [1.82, 2.24) is 4.98 Å². The molecule has 5 heteroatoms. The fraction of sp³-hybridized carbons (Fsp3) is 0.538. The van der Waals surface area contributed by atoms with Crippen LogP contribution < -0.4 is 10.6 Å². The van der Waals surface area contributed by atoms with E-state index in [1.807, 2.05) is 12.1 Å². The molecule has 2 heterocycles.